The summed E-state index contributed by atoms with van der Waals surface area (Å²) in [4.78, 5) is 16.8. The molecule has 10 heteroatoms. The summed E-state index contributed by atoms with van der Waals surface area (Å²) < 4.78 is 30.4. The third-order valence-corrected chi connectivity index (χ3v) is 8.61. The lowest BCUT2D eigenvalue weighted by Crippen LogP contribution is -2.57. The van der Waals surface area contributed by atoms with Crippen LogP contribution in [0, 0.1) is 0 Å². The SMILES string of the molecule is O=C(NC(CO)Cc1c[nH]c2ccccc12)C(Cc1ccc2ccccc2c1)NS(=O)(=O)N1CCNCC1. The molecule has 0 saturated carbocycles. The number of aromatic nitrogens is 1. The van der Waals surface area contributed by atoms with Gasteiger partial charge in [0.2, 0.25) is 5.91 Å². The number of fused-ring (bicyclic) bond motifs is 2. The van der Waals surface area contributed by atoms with Gasteiger partial charge in [0.15, 0.2) is 0 Å². The number of rotatable bonds is 10. The molecular weight excluding hydrogens is 502 g/mol. The van der Waals surface area contributed by atoms with Gasteiger partial charge in [0.1, 0.15) is 6.04 Å². The highest BCUT2D eigenvalue weighted by molar-refractivity contribution is 7.87. The number of amides is 1. The van der Waals surface area contributed by atoms with E-state index in [1.807, 2.05) is 72.9 Å². The third kappa shape index (κ3) is 6.06. The molecule has 38 heavy (non-hydrogen) atoms. The Hall–Kier alpha value is -3.28. The molecule has 1 fully saturated rings. The van der Waals surface area contributed by atoms with E-state index in [9.17, 15) is 18.3 Å². The maximum Gasteiger partial charge on any atom is 0.280 e. The normalized spacial score (nSPS) is 16.4. The average molecular weight is 536 g/mol. The lowest BCUT2D eigenvalue weighted by atomic mass is 10.0. The summed E-state index contributed by atoms with van der Waals surface area (Å²) in [6.07, 6.45) is 2.45. The first-order valence-corrected chi connectivity index (χ1v) is 14.3. The number of benzene rings is 3. The second-order valence-electron chi connectivity index (χ2n) is 9.66. The fourth-order valence-corrected chi connectivity index (χ4v) is 6.32. The Bertz CT molecular complexity index is 1510. The predicted molar refractivity (Wildman–Crippen MR) is 149 cm³/mol. The Morgan fingerprint density at radius 2 is 1.71 bits per heavy atom. The standard InChI is InChI=1S/C28H33N5O4S/c34-19-24(17-23-18-30-26-8-4-3-7-25(23)26)31-28(35)27(32-38(36,37)33-13-11-29-12-14-33)16-20-9-10-21-5-1-2-6-22(21)15-20/h1-10,15,18,24,27,29-30,32,34H,11-14,16-17,19H2,(H,31,35). The number of aliphatic hydroxyl groups is 1. The van der Waals surface area contributed by atoms with Gasteiger partial charge in [0.05, 0.1) is 12.6 Å². The number of carbonyl (C=O) groups is 1. The third-order valence-electron chi connectivity index (χ3n) is 6.99. The molecule has 5 rings (SSSR count). The number of hydrogen-bond acceptors (Lipinski definition) is 5. The second-order valence-corrected chi connectivity index (χ2v) is 11.4. The van der Waals surface area contributed by atoms with Crippen LogP contribution >= 0.6 is 0 Å². The summed E-state index contributed by atoms with van der Waals surface area (Å²) in [6, 6.07) is 20.0. The molecule has 2 heterocycles. The number of carbonyl (C=O) groups excluding carboxylic acids is 1. The molecule has 1 aliphatic rings. The van der Waals surface area contributed by atoms with Crippen molar-refractivity contribution in [2.75, 3.05) is 32.8 Å². The number of H-pyrrole nitrogens is 1. The van der Waals surface area contributed by atoms with E-state index in [-0.39, 0.29) is 13.0 Å². The van der Waals surface area contributed by atoms with Crippen molar-refractivity contribution < 1.29 is 18.3 Å². The van der Waals surface area contributed by atoms with Crippen molar-refractivity contribution in [1.82, 2.24) is 24.6 Å². The van der Waals surface area contributed by atoms with Crippen LogP contribution in [0.4, 0.5) is 0 Å². The van der Waals surface area contributed by atoms with Crippen molar-refractivity contribution in [3.63, 3.8) is 0 Å². The molecule has 4 aromatic rings. The quantitative estimate of drug-likeness (QED) is 0.211. The minimum Gasteiger partial charge on any atom is -0.394 e. The number of hydrogen-bond donors (Lipinski definition) is 5. The van der Waals surface area contributed by atoms with Crippen molar-refractivity contribution in [2.24, 2.45) is 0 Å². The molecule has 1 aliphatic heterocycles. The number of aliphatic hydroxyl groups excluding tert-OH is 1. The van der Waals surface area contributed by atoms with Crippen LogP contribution in [0.15, 0.2) is 72.9 Å². The predicted octanol–water partition coefficient (Wildman–Crippen LogP) is 1.69. The number of piperazine rings is 1. The Kier molecular flexibility index (Phi) is 8.06. The molecule has 0 bridgehead atoms. The van der Waals surface area contributed by atoms with Gasteiger partial charge in [-0.05, 0) is 40.8 Å². The zero-order chi connectivity index (χ0) is 26.5. The van der Waals surface area contributed by atoms with E-state index in [0.717, 1.165) is 32.8 Å². The Morgan fingerprint density at radius 1 is 0.974 bits per heavy atom. The topological polar surface area (TPSA) is 127 Å². The van der Waals surface area contributed by atoms with Gasteiger partial charge in [0, 0.05) is 43.3 Å². The van der Waals surface area contributed by atoms with E-state index < -0.39 is 28.2 Å². The van der Waals surface area contributed by atoms with Crippen LogP contribution in [0.5, 0.6) is 0 Å². The van der Waals surface area contributed by atoms with Gasteiger partial charge < -0.3 is 20.7 Å². The lowest BCUT2D eigenvalue weighted by molar-refractivity contribution is -0.123. The Morgan fingerprint density at radius 3 is 2.50 bits per heavy atom. The molecule has 3 aromatic carbocycles. The number of para-hydroxylation sites is 1. The highest BCUT2D eigenvalue weighted by atomic mass is 32.2. The summed E-state index contributed by atoms with van der Waals surface area (Å²) >= 11 is 0. The molecule has 5 N–H and O–H groups in total. The lowest BCUT2D eigenvalue weighted by Gasteiger charge is -2.29. The summed E-state index contributed by atoms with van der Waals surface area (Å²) in [5.41, 5.74) is 2.78. The van der Waals surface area contributed by atoms with E-state index in [1.165, 1.54) is 4.31 Å². The summed E-state index contributed by atoms with van der Waals surface area (Å²) in [5.74, 6) is -0.476. The van der Waals surface area contributed by atoms with Crippen LogP contribution in [0.2, 0.25) is 0 Å². The van der Waals surface area contributed by atoms with Gasteiger partial charge in [-0.2, -0.15) is 17.4 Å². The zero-order valence-corrected chi connectivity index (χ0v) is 21.9. The van der Waals surface area contributed by atoms with Crippen LogP contribution in [0.1, 0.15) is 11.1 Å². The van der Waals surface area contributed by atoms with Crippen LogP contribution in [0.25, 0.3) is 21.7 Å². The van der Waals surface area contributed by atoms with Crippen LogP contribution < -0.4 is 15.4 Å². The molecule has 1 saturated heterocycles. The smallest absolute Gasteiger partial charge is 0.280 e. The van der Waals surface area contributed by atoms with Gasteiger partial charge in [-0.1, -0.05) is 60.7 Å². The van der Waals surface area contributed by atoms with Gasteiger partial charge in [-0.15, -0.1) is 0 Å². The molecule has 2 atom stereocenters. The van der Waals surface area contributed by atoms with E-state index in [0.29, 0.717) is 32.6 Å². The maximum atomic E-state index is 13.5. The highest BCUT2D eigenvalue weighted by Gasteiger charge is 2.31. The van der Waals surface area contributed by atoms with Crippen LogP contribution in [0.3, 0.4) is 0 Å². The largest absolute Gasteiger partial charge is 0.394 e. The Labute approximate surface area is 222 Å². The first kappa shape index (κ1) is 26.3. The number of nitrogens with zero attached hydrogens (tertiary/aromatic N) is 1. The summed E-state index contributed by atoms with van der Waals surface area (Å²) in [6.45, 7) is 1.50. The zero-order valence-electron chi connectivity index (χ0n) is 21.1. The first-order valence-electron chi connectivity index (χ1n) is 12.8. The van der Waals surface area contributed by atoms with E-state index in [4.69, 9.17) is 0 Å². The molecule has 0 spiro atoms. The molecule has 1 amide bonds. The first-order chi connectivity index (χ1) is 18.4. The van der Waals surface area contributed by atoms with E-state index in [2.05, 4.69) is 20.3 Å². The second kappa shape index (κ2) is 11.6. The van der Waals surface area contributed by atoms with Crippen LogP contribution in [-0.4, -0.2) is 73.6 Å². The number of aromatic amines is 1. The molecular formula is C28H33N5O4S. The van der Waals surface area contributed by atoms with Crippen molar-refractivity contribution in [3.8, 4) is 0 Å². The molecule has 2 unspecified atom stereocenters. The molecule has 0 aliphatic carbocycles. The minimum atomic E-state index is -3.90. The summed E-state index contributed by atoms with van der Waals surface area (Å²) in [5, 5.41) is 19.2. The molecule has 9 nitrogen and oxygen atoms in total. The van der Waals surface area contributed by atoms with Gasteiger partial charge in [-0.25, -0.2) is 0 Å². The van der Waals surface area contributed by atoms with E-state index in [1.54, 1.807) is 0 Å². The van der Waals surface area contributed by atoms with Gasteiger partial charge >= 0.3 is 0 Å². The Balaban J connectivity index is 1.37. The van der Waals surface area contributed by atoms with Crippen molar-refractivity contribution in [1.29, 1.82) is 0 Å². The fourth-order valence-electron chi connectivity index (χ4n) is 4.96. The van der Waals surface area contributed by atoms with Crippen molar-refractivity contribution in [3.05, 3.63) is 84.1 Å². The van der Waals surface area contributed by atoms with E-state index >= 15 is 0 Å². The minimum absolute atomic E-state index is 0.174. The average Bonchev–Trinajstić information content (AvgIpc) is 3.35. The van der Waals surface area contributed by atoms with Gasteiger partial charge in [-0.3, -0.25) is 4.79 Å². The molecule has 200 valence electrons. The monoisotopic (exact) mass is 535 g/mol. The summed E-state index contributed by atoms with van der Waals surface area (Å²) in [7, 11) is -3.90. The number of nitrogens with one attached hydrogen (secondary N) is 4. The van der Waals surface area contributed by atoms with Gasteiger partial charge in [0.25, 0.3) is 10.2 Å². The molecule has 0 radical (unpaired) electrons. The maximum absolute atomic E-state index is 13.5. The van der Waals surface area contributed by atoms with Crippen molar-refractivity contribution >= 4 is 37.8 Å². The highest BCUT2D eigenvalue weighted by Crippen LogP contribution is 2.20. The fraction of sp³-hybridized carbons (Fsp3) is 0.321. The van der Waals surface area contributed by atoms with Crippen LogP contribution in [-0.2, 0) is 27.8 Å². The molecule has 1 aromatic heterocycles. The van der Waals surface area contributed by atoms with Crippen molar-refractivity contribution in [2.45, 2.75) is 24.9 Å².